The summed E-state index contributed by atoms with van der Waals surface area (Å²) in [4.78, 5) is 48.2. The molecule has 0 aromatic heterocycles. The lowest BCUT2D eigenvalue weighted by Crippen LogP contribution is -2.73. The van der Waals surface area contributed by atoms with E-state index in [9.17, 15) is 19.2 Å². The molecule has 146 valence electrons. The third-order valence-corrected chi connectivity index (χ3v) is 5.58. The maximum absolute atomic E-state index is 12.9. The summed E-state index contributed by atoms with van der Waals surface area (Å²) in [6.45, 7) is 2.55. The monoisotopic (exact) mass is 458 g/mol. The van der Waals surface area contributed by atoms with Crippen LogP contribution >= 0.6 is 27.7 Å². The summed E-state index contributed by atoms with van der Waals surface area (Å²) < 4.78 is 10.6. The predicted molar refractivity (Wildman–Crippen MR) is 102 cm³/mol. The van der Waals surface area contributed by atoms with Crippen molar-refractivity contribution in [3.05, 3.63) is 28.2 Å². The van der Waals surface area contributed by atoms with E-state index in [1.807, 2.05) is 0 Å². The van der Waals surface area contributed by atoms with Crippen molar-refractivity contribution in [2.45, 2.75) is 24.8 Å². The topological polar surface area (TPSA) is 102 Å². The molecule has 0 spiro atoms. The standard InChI is InChI=1S/C17H19BrN2O6S/c1-9(21)19-17(27-10(2)22)8-20(16(17)24)14(15(23)26-4)11-5-6-13(25-3)12(18)7-11/h5-7,14H,8H2,1-4H3,(H,19,21). The van der Waals surface area contributed by atoms with Gasteiger partial charge < -0.3 is 19.7 Å². The molecular formula is C17H19BrN2O6S. The molecule has 0 bridgehead atoms. The van der Waals surface area contributed by atoms with Gasteiger partial charge in [0.1, 0.15) is 5.75 Å². The van der Waals surface area contributed by atoms with Crippen LogP contribution in [0.4, 0.5) is 0 Å². The van der Waals surface area contributed by atoms with E-state index in [2.05, 4.69) is 21.2 Å². The van der Waals surface area contributed by atoms with Crippen molar-refractivity contribution < 1.29 is 28.7 Å². The number of likely N-dealkylation sites (tertiary alicyclic amines) is 1. The van der Waals surface area contributed by atoms with Gasteiger partial charge in [-0.05, 0) is 45.4 Å². The molecule has 0 aliphatic carbocycles. The van der Waals surface area contributed by atoms with Gasteiger partial charge in [-0.1, -0.05) is 6.07 Å². The third-order valence-electron chi connectivity index (χ3n) is 3.92. The van der Waals surface area contributed by atoms with E-state index >= 15 is 0 Å². The molecule has 1 fully saturated rings. The van der Waals surface area contributed by atoms with E-state index in [0.29, 0.717) is 15.8 Å². The summed E-state index contributed by atoms with van der Waals surface area (Å²) in [5.41, 5.74) is 0.507. The molecule has 10 heteroatoms. The first-order valence-corrected chi connectivity index (χ1v) is 9.46. The number of halogens is 1. The Morgan fingerprint density at radius 3 is 2.41 bits per heavy atom. The van der Waals surface area contributed by atoms with Crippen LogP contribution in [0.2, 0.25) is 0 Å². The second kappa shape index (κ2) is 8.30. The summed E-state index contributed by atoms with van der Waals surface area (Å²) in [5.74, 6) is -1.06. The zero-order valence-corrected chi connectivity index (χ0v) is 17.6. The van der Waals surface area contributed by atoms with E-state index < -0.39 is 28.7 Å². The van der Waals surface area contributed by atoms with Crippen molar-refractivity contribution in [3.63, 3.8) is 0 Å². The molecule has 2 amide bonds. The normalized spacial score (nSPS) is 19.7. The van der Waals surface area contributed by atoms with Crippen molar-refractivity contribution in [2.24, 2.45) is 0 Å². The Morgan fingerprint density at radius 1 is 1.30 bits per heavy atom. The molecule has 1 N–H and O–H groups in total. The highest BCUT2D eigenvalue weighted by molar-refractivity contribution is 9.10. The van der Waals surface area contributed by atoms with Crippen molar-refractivity contribution in [1.29, 1.82) is 0 Å². The van der Waals surface area contributed by atoms with Gasteiger partial charge in [-0.15, -0.1) is 0 Å². The summed E-state index contributed by atoms with van der Waals surface area (Å²) in [6, 6.07) is 3.95. The van der Waals surface area contributed by atoms with Crippen molar-refractivity contribution in [1.82, 2.24) is 10.2 Å². The van der Waals surface area contributed by atoms with Gasteiger partial charge in [-0.3, -0.25) is 14.4 Å². The lowest BCUT2D eigenvalue weighted by atomic mass is 9.97. The van der Waals surface area contributed by atoms with Gasteiger partial charge in [0.25, 0.3) is 5.91 Å². The van der Waals surface area contributed by atoms with Crippen LogP contribution in [0, 0.1) is 0 Å². The molecule has 2 rings (SSSR count). The number of esters is 1. The minimum atomic E-state index is -1.41. The summed E-state index contributed by atoms with van der Waals surface area (Å²) >= 11 is 4.08. The number of β-lactam (4-membered cyclic amide) rings is 1. The number of nitrogens with zero attached hydrogens (tertiary/aromatic N) is 1. The first-order chi connectivity index (χ1) is 12.6. The average molecular weight is 459 g/mol. The van der Waals surface area contributed by atoms with Gasteiger partial charge in [0.2, 0.25) is 5.91 Å². The molecule has 2 unspecified atom stereocenters. The number of benzene rings is 1. The maximum atomic E-state index is 12.9. The number of amides is 2. The second-order valence-corrected chi connectivity index (χ2v) is 8.18. The number of carbonyl (C=O) groups excluding carboxylic acids is 4. The van der Waals surface area contributed by atoms with Crippen LogP contribution in [0.25, 0.3) is 0 Å². The molecule has 2 atom stereocenters. The first kappa shape index (κ1) is 21.2. The number of thioether (sulfide) groups is 1. The van der Waals surface area contributed by atoms with Gasteiger partial charge in [0, 0.05) is 13.8 Å². The molecule has 8 nitrogen and oxygen atoms in total. The Hall–Kier alpha value is -2.07. The Bertz CT molecular complexity index is 784. The highest BCUT2D eigenvalue weighted by Gasteiger charge is 2.58. The molecule has 27 heavy (non-hydrogen) atoms. The fourth-order valence-corrected chi connectivity index (χ4v) is 4.51. The van der Waals surface area contributed by atoms with E-state index in [1.165, 1.54) is 33.0 Å². The number of methoxy groups -OCH3 is 2. The highest BCUT2D eigenvalue weighted by atomic mass is 79.9. The molecule has 1 saturated heterocycles. The highest BCUT2D eigenvalue weighted by Crippen LogP contribution is 2.41. The summed E-state index contributed by atoms with van der Waals surface area (Å²) in [7, 11) is 2.74. The van der Waals surface area contributed by atoms with E-state index in [-0.39, 0.29) is 11.7 Å². The molecule has 1 aromatic carbocycles. The number of nitrogens with one attached hydrogen (secondary N) is 1. The van der Waals surface area contributed by atoms with E-state index in [4.69, 9.17) is 9.47 Å². The zero-order chi connectivity index (χ0) is 20.4. The molecule has 1 aliphatic heterocycles. The number of ether oxygens (including phenoxy) is 2. The predicted octanol–water partition coefficient (Wildman–Crippen LogP) is 1.63. The van der Waals surface area contributed by atoms with Gasteiger partial charge in [-0.25, -0.2) is 4.79 Å². The largest absolute Gasteiger partial charge is 0.496 e. The zero-order valence-electron chi connectivity index (χ0n) is 15.2. The molecule has 0 radical (unpaired) electrons. The number of hydrogen-bond donors (Lipinski definition) is 1. The number of hydrogen-bond acceptors (Lipinski definition) is 7. The van der Waals surface area contributed by atoms with Gasteiger partial charge in [0.05, 0.1) is 25.2 Å². The SMILES string of the molecule is COC(=O)C(c1ccc(OC)c(Br)c1)N1CC(NC(C)=O)(SC(C)=O)C1=O. The van der Waals surface area contributed by atoms with Crippen molar-refractivity contribution in [2.75, 3.05) is 20.8 Å². The van der Waals surface area contributed by atoms with Gasteiger partial charge >= 0.3 is 5.97 Å². The molecule has 1 aromatic rings. The van der Waals surface area contributed by atoms with E-state index in [1.54, 1.807) is 18.2 Å². The minimum Gasteiger partial charge on any atom is -0.496 e. The molecule has 1 aliphatic rings. The first-order valence-electron chi connectivity index (χ1n) is 7.86. The average Bonchev–Trinajstić information content (AvgIpc) is 2.59. The fraction of sp³-hybridized carbons (Fsp3) is 0.412. The van der Waals surface area contributed by atoms with Crippen LogP contribution < -0.4 is 10.1 Å². The lowest BCUT2D eigenvalue weighted by Gasteiger charge is -2.50. The Morgan fingerprint density at radius 2 is 1.96 bits per heavy atom. The van der Waals surface area contributed by atoms with Gasteiger partial charge in [0.15, 0.2) is 16.0 Å². The van der Waals surface area contributed by atoms with Crippen LogP contribution in [0.5, 0.6) is 5.75 Å². The van der Waals surface area contributed by atoms with Crippen molar-refractivity contribution in [3.8, 4) is 5.75 Å². The van der Waals surface area contributed by atoms with Crippen LogP contribution in [0.15, 0.2) is 22.7 Å². The maximum Gasteiger partial charge on any atom is 0.333 e. The fourth-order valence-electron chi connectivity index (χ4n) is 2.86. The van der Waals surface area contributed by atoms with E-state index in [0.717, 1.165) is 11.8 Å². The minimum absolute atomic E-state index is 0.0148. The Labute approximate surface area is 169 Å². The van der Waals surface area contributed by atoms with Crippen LogP contribution in [-0.2, 0) is 23.9 Å². The third kappa shape index (κ3) is 4.27. The quantitative estimate of drug-likeness (QED) is 0.392. The smallest absolute Gasteiger partial charge is 0.333 e. The van der Waals surface area contributed by atoms with Crippen molar-refractivity contribution >= 4 is 50.6 Å². The van der Waals surface area contributed by atoms with Crippen LogP contribution in [-0.4, -0.2) is 53.4 Å². The lowest BCUT2D eigenvalue weighted by molar-refractivity contribution is -0.163. The molecule has 0 saturated carbocycles. The number of carbonyl (C=O) groups is 4. The summed E-state index contributed by atoms with van der Waals surface area (Å²) in [5, 5.41) is 2.21. The Kier molecular flexibility index (Phi) is 6.53. The summed E-state index contributed by atoms with van der Waals surface area (Å²) in [6.07, 6.45) is 0. The molecule has 1 heterocycles. The van der Waals surface area contributed by atoms with Crippen LogP contribution in [0.3, 0.4) is 0 Å². The number of rotatable bonds is 6. The van der Waals surface area contributed by atoms with Crippen LogP contribution in [0.1, 0.15) is 25.5 Å². The Balaban J connectivity index is 2.38. The molecular weight excluding hydrogens is 440 g/mol. The second-order valence-electron chi connectivity index (χ2n) is 5.85. The van der Waals surface area contributed by atoms with Gasteiger partial charge in [-0.2, -0.15) is 0 Å².